The van der Waals surface area contributed by atoms with E-state index in [4.69, 9.17) is 9.47 Å². The highest BCUT2D eigenvalue weighted by Crippen LogP contribution is 2.36. The molecule has 2 amide bonds. The van der Waals surface area contributed by atoms with Gasteiger partial charge in [-0.15, -0.1) is 0 Å². The Morgan fingerprint density at radius 1 is 1.17 bits per heavy atom. The predicted molar refractivity (Wildman–Crippen MR) is 86.2 cm³/mol. The molecule has 1 N–H and O–H groups in total. The highest BCUT2D eigenvalue weighted by Gasteiger charge is 2.44. The number of nitrogens with one attached hydrogen (secondary N) is 1. The average Bonchev–Trinajstić information content (AvgIpc) is 2.62. The first-order valence-electron chi connectivity index (χ1n) is 7.79. The molecule has 1 aromatic carbocycles. The van der Waals surface area contributed by atoms with E-state index < -0.39 is 5.41 Å². The van der Waals surface area contributed by atoms with Crippen molar-refractivity contribution in [3.8, 4) is 0 Å². The lowest BCUT2D eigenvalue weighted by Gasteiger charge is -2.40. The molecule has 1 saturated heterocycles. The molecule has 0 radical (unpaired) electrons. The van der Waals surface area contributed by atoms with Gasteiger partial charge < -0.3 is 19.7 Å². The number of piperidine rings is 1. The van der Waals surface area contributed by atoms with Gasteiger partial charge in [0.05, 0.1) is 19.1 Å². The first-order chi connectivity index (χ1) is 11.1. The van der Waals surface area contributed by atoms with E-state index in [2.05, 4.69) is 5.32 Å². The van der Waals surface area contributed by atoms with Crippen molar-refractivity contribution in [2.45, 2.75) is 18.3 Å². The smallest absolute Gasteiger partial charge is 0.317 e. The lowest BCUT2D eigenvalue weighted by Crippen LogP contribution is -2.52. The van der Waals surface area contributed by atoms with E-state index in [1.807, 2.05) is 30.3 Å². The van der Waals surface area contributed by atoms with Crippen molar-refractivity contribution in [3.63, 3.8) is 0 Å². The number of benzene rings is 1. The Bertz CT molecular complexity index is 525. The van der Waals surface area contributed by atoms with Crippen LogP contribution in [0.3, 0.4) is 0 Å². The number of likely N-dealkylation sites (tertiary alicyclic amines) is 1. The van der Waals surface area contributed by atoms with Crippen LogP contribution in [0, 0.1) is 0 Å². The van der Waals surface area contributed by atoms with Crippen LogP contribution < -0.4 is 5.32 Å². The molecule has 1 aromatic rings. The molecule has 1 fully saturated rings. The van der Waals surface area contributed by atoms with Crippen LogP contribution in [0.15, 0.2) is 30.3 Å². The van der Waals surface area contributed by atoms with Gasteiger partial charge in [0, 0.05) is 26.7 Å². The van der Waals surface area contributed by atoms with E-state index >= 15 is 0 Å². The molecule has 0 aromatic heterocycles. The van der Waals surface area contributed by atoms with Gasteiger partial charge in [0.1, 0.15) is 0 Å². The standard InChI is InChI=1S/C17H24N2O4/c1-22-13-10-18-16(21)19-11-8-17(9-12-19,15(20)23-2)14-6-4-3-5-7-14/h3-7H,8-13H2,1-2H3,(H,18,21). The summed E-state index contributed by atoms with van der Waals surface area (Å²) < 4.78 is 9.97. The van der Waals surface area contributed by atoms with Gasteiger partial charge in [-0.05, 0) is 18.4 Å². The summed E-state index contributed by atoms with van der Waals surface area (Å²) in [7, 11) is 3.01. The molecular weight excluding hydrogens is 296 g/mol. The number of carbonyl (C=O) groups excluding carboxylic acids is 2. The molecule has 1 heterocycles. The van der Waals surface area contributed by atoms with Crippen molar-refractivity contribution in [2.75, 3.05) is 40.5 Å². The maximum Gasteiger partial charge on any atom is 0.317 e. The maximum atomic E-state index is 12.4. The van der Waals surface area contributed by atoms with Crippen molar-refractivity contribution in [1.29, 1.82) is 0 Å². The number of amides is 2. The Morgan fingerprint density at radius 3 is 2.39 bits per heavy atom. The number of hydrogen-bond acceptors (Lipinski definition) is 4. The second-order valence-corrected chi connectivity index (χ2v) is 5.65. The molecule has 23 heavy (non-hydrogen) atoms. The summed E-state index contributed by atoms with van der Waals surface area (Å²) in [6.45, 7) is 1.99. The third-order valence-electron chi connectivity index (χ3n) is 4.39. The Labute approximate surface area is 136 Å². The number of rotatable bonds is 5. The molecule has 2 rings (SSSR count). The van der Waals surface area contributed by atoms with Crippen molar-refractivity contribution >= 4 is 12.0 Å². The van der Waals surface area contributed by atoms with E-state index in [9.17, 15) is 9.59 Å². The highest BCUT2D eigenvalue weighted by atomic mass is 16.5. The minimum absolute atomic E-state index is 0.117. The van der Waals surface area contributed by atoms with Crippen LogP contribution in [0.1, 0.15) is 18.4 Å². The van der Waals surface area contributed by atoms with E-state index in [1.165, 1.54) is 7.11 Å². The first-order valence-corrected chi connectivity index (χ1v) is 7.79. The zero-order valence-electron chi connectivity index (χ0n) is 13.7. The van der Waals surface area contributed by atoms with E-state index in [0.29, 0.717) is 39.1 Å². The normalized spacial score (nSPS) is 16.7. The van der Waals surface area contributed by atoms with Gasteiger partial charge in [-0.25, -0.2) is 4.79 Å². The second-order valence-electron chi connectivity index (χ2n) is 5.65. The average molecular weight is 320 g/mol. The van der Waals surface area contributed by atoms with Crippen molar-refractivity contribution in [3.05, 3.63) is 35.9 Å². The van der Waals surface area contributed by atoms with Crippen molar-refractivity contribution in [2.24, 2.45) is 0 Å². The number of hydrogen-bond donors (Lipinski definition) is 1. The fourth-order valence-corrected chi connectivity index (χ4v) is 3.03. The van der Waals surface area contributed by atoms with Crippen LogP contribution in [0.5, 0.6) is 0 Å². The molecule has 0 atom stereocenters. The van der Waals surface area contributed by atoms with Gasteiger partial charge in [-0.1, -0.05) is 30.3 Å². The van der Waals surface area contributed by atoms with E-state index in [-0.39, 0.29) is 12.0 Å². The number of urea groups is 1. The molecule has 0 bridgehead atoms. The van der Waals surface area contributed by atoms with Crippen LogP contribution in [-0.2, 0) is 19.7 Å². The van der Waals surface area contributed by atoms with Gasteiger partial charge in [-0.2, -0.15) is 0 Å². The topological polar surface area (TPSA) is 67.9 Å². The summed E-state index contributed by atoms with van der Waals surface area (Å²) in [4.78, 5) is 26.3. The first kappa shape index (κ1) is 17.3. The summed E-state index contributed by atoms with van der Waals surface area (Å²) in [5.41, 5.74) is 0.283. The Kier molecular flexibility index (Phi) is 5.98. The summed E-state index contributed by atoms with van der Waals surface area (Å²) in [5, 5.41) is 2.81. The predicted octanol–water partition coefficient (Wildman–Crippen LogP) is 1.55. The Balaban J connectivity index is 2.06. The zero-order valence-corrected chi connectivity index (χ0v) is 13.7. The number of methoxy groups -OCH3 is 2. The lowest BCUT2D eigenvalue weighted by atomic mass is 9.73. The minimum Gasteiger partial charge on any atom is -0.468 e. The van der Waals surface area contributed by atoms with E-state index in [0.717, 1.165) is 5.56 Å². The van der Waals surface area contributed by atoms with Crippen LogP contribution in [0.25, 0.3) is 0 Å². The molecule has 0 aliphatic carbocycles. The molecule has 1 aliphatic heterocycles. The number of carbonyl (C=O) groups is 2. The van der Waals surface area contributed by atoms with Crippen LogP contribution in [0.2, 0.25) is 0 Å². The SMILES string of the molecule is COCCNC(=O)N1CCC(C(=O)OC)(c2ccccc2)CC1. The second kappa shape index (κ2) is 7.97. The molecule has 6 nitrogen and oxygen atoms in total. The maximum absolute atomic E-state index is 12.4. The van der Waals surface area contributed by atoms with Crippen LogP contribution in [-0.4, -0.2) is 57.4 Å². The highest BCUT2D eigenvalue weighted by molar-refractivity contribution is 5.84. The van der Waals surface area contributed by atoms with E-state index in [1.54, 1.807) is 12.0 Å². The van der Waals surface area contributed by atoms with Crippen LogP contribution in [0.4, 0.5) is 4.79 Å². The summed E-state index contributed by atoms with van der Waals surface area (Å²) in [6.07, 6.45) is 1.11. The zero-order chi connectivity index (χ0) is 16.7. The molecule has 1 aliphatic rings. The summed E-state index contributed by atoms with van der Waals surface area (Å²) in [5.74, 6) is -0.233. The molecular formula is C17H24N2O4. The number of ether oxygens (including phenoxy) is 2. The van der Waals surface area contributed by atoms with Gasteiger partial charge >= 0.3 is 12.0 Å². The number of esters is 1. The molecule has 6 heteroatoms. The third kappa shape index (κ3) is 3.82. The van der Waals surface area contributed by atoms with Gasteiger partial charge in [0.2, 0.25) is 0 Å². The van der Waals surface area contributed by atoms with Gasteiger partial charge in [0.25, 0.3) is 0 Å². The molecule has 0 unspecified atom stereocenters. The summed E-state index contributed by atoms with van der Waals surface area (Å²) in [6, 6.07) is 9.55. The van der Waals surface area contributed by atoms with Gasteiger partial charge in [-0.3, -0.25) is 4.79 Å². The Hall–Kier alpha value is -2.08. The largest absolute Gasteiger partial charge is 0.468 e. The summed E-state index contributed by atoms with van der Waals surface area (Å²) >= 11 is 0. The van der Waals surface area contributed by atoms with Crippen molar-refractivity contribution in [1.82, 2.24) is 10.2 Å². The lowest BCUT2D eigenvalue weighted by molar-refractivity contribution is -0.149. The van der Waals surface area contributed by atoms with Gasteiger partial charge in [0.15, 0.2) is 0 Å². The van der Waals surface area contributed by atoms with Crippen LogP contribution >= 0.6 is 0 Å². The minimum atomic E-state index is -0.667. The monoisotopic (exact) mass is 320 g/mol. The van der Waals surface area contributed by atoms with Crippen molar-refractivity contribution < 1.29 is 19.1 Å². The fourth-order valence-electron chi connectivity index (χ4n) is 3.03. The molecule has 126 valence electrons. The molecule has 0 saturated carbocycles. The quantitative estimate of drug-likeness (QED) is 0.660. The fraction of sp³-hybridized carbons (Fsp3) is 0.529. The molecule has 0 spiro atoms. The number of nitrogens with zero attached hydrogens (tertiary/aromatic N) is 1. The Morgan fingerprint density at radius 2 is 1.83 bits per heavy atom. The third-order valence-corrected chi connectivity index (χ3v) is 4.39.